The molecule has 5 heteroatoms. The van der Waals surface area contributed by atoms with Crippen molar-refractivity contribution in [3.63, 3.8) is 0 Å². The van der Waals surface area contributed by atoms with Crippen LogP contribution in [0.4, 0.5) is 10.5 Å². The third-order valence-corrected chi connectivity index (χ3v) is 3.93. The minimum Gasteiger partial charge on any atom is -0.478 e. The summed E-state index contributed by atoms with van der Waals surface area (Å²) in [6.07, 6.45) is 0.857. The smallest absolute Gasteiger partial charge is 0.335 e. The molecule has 1 aliphatic rings. The standard InChI is InChI=1S/C18H18N2O3/c21-17(22)15-8-4-9-16(12-15)20-11-5-10-19(18(20)23)13-14-6-2-1-3-7-14/h1-4,6-9,12H,5,10-11,13H2,(H,21,22). The average Bonchev–Trinajstić information content (AvgIpc) is 2.58. The molecule has 0 atom stereocenters. The van der Waals surface area contributed by atoms with Gasteiger partial charge >= 0.3 is 12.0 Å². The van der Waals surface area contributed by atoms with E-state index in [2.05, 4.69) is 0 Å². The van der Waals surface area contributed by atoms with Crippen LogP contribution in [0.5, 0.6) is 0 Å². The Morgan fingerprint density at radius 1 is 1.04 bits per heavy atom. The van der Waals surface area contributed by atoms with Gasteiger partial charge in [-0.05, 0) is 30.2 Å². The second-order valence-electron chi connectivity index (χ2n) is 5.55. The summed E-state index contributed by atoms with van der Waals surface area (Å²) in [6, 6.07) is 16.3. The van der Waals surface area contributed by atoms with E-state index in [1.807, 2.05) is 30.3 Å². The van der Waals surface area contributed by atoms with E-state index in [0.717, 1.165) is 12.0 Å². The van der Waals surface area contributed by atoms with E-state index in [9.17, 15) is 9.59 Å². The molecule has 3 rings (SSSR count). The van der Waals surface area contributed by atoms with Crippen molar-refractivity contribution in [2.45, 2.75) is 13.0 Å². The molecule has 0 spiro atoms. The highest BCUT2D eigenvalue weighted by molar-refractivity contribution is 5.95. The summed E-state index contributed by atoms with van der Waals surface area (Å²) >= 11 is 0. The summed E-state index contributed by atoms with van der Waals surface area (Å²) < 4.78 is 0. The fourth-order valence-electron chi connectivity index (χ4n) is 2.78. The summed E-state index contributed by atoms with van der Waals surface area (Å²) in [5.74, 6) is -0.988. The number of carboxylic acid groups (broad SMARTS) is 1. The van der Waals surface area contributed by atoms with Crippen molar-refractivity contribution in [2.75, 3.05) is 18.0 Å². The van der Waals surface area contributed by atoms with Gasteiger partial charge in [-0.25, -0.2) is 9.59 Å². The molecule has 0 unspecified atom stereocenters. The molecule has 1 N–H and O–H groups in total. The summed E-state index contributed by atoms with van der Waals surface area (Å²) in [7, 11) is 0. The SMILES string of the molecule is O=C(O)c1cccc(N2CCCN(Cc3ccccc3)C2=O)c1. The third-order valence-electron chi connectivity index (χ3n) is 3.93. The van der Waals surface area contributed by atoms with Crippen LogP contribution in [-0.2, 0) is 6.54 Å². The number of nitrogens with zero attached hydrogens (tertiary/aromatic N) is 2. The third kappa shape index (κ3) is 3.34. The molecule has 2 amide bonds. The van der Waals surface area contributed by atoms with Crippen molar-refractivity contribution in [3.8, 4) is 0 Å². The van der Waals surface area contributed by atoms with Crippen LogP contribution in [0.1, 0.15) is 22.3 Å². The van der Waals surface area contributed by atoms with Gasteiger partial charge in [-0.2, -0.15) is 0 Å². The van der Waals surface area contributed by atoms with Crippen molar-refractivity contribution in [1.82, 2.24) is 4.90 Å². The number of urea groups is 1. The normalized spacial score (nSPS) is 14.9. The van der Waals surface area contributed by atoms with Crippen molar-refractivity contribution < 1.29 is 14.7 Å². The largest absolute Gasteiger partial charge is 0.478 e. The maximum absolute atomic E-state index is 12.7. The first-order chi connectivity index (χ1) is 11.1. The lowest BCUT2D eigenvalue weighted by atomic mass is 10.1. The van der Waals surface area contributed by atoms with E-state index in [-0.39, 0.29) is 11.6 Å². The zero-order valence-corrected chi connectivity index (χ0v) is 12.7. The molecule has 2 aromatic carbocycles. The number of rotatable bonds is 4. The Balaban J connectivity index is 1.79. The molecule has 1 aliphatic heterocycles. The zero-order chi connectivity index (χ0) is 16.2. The monoisotopic (exact) mass is 310 g/mol. The maximum Gasteiger partial charge on any atom is 0.335 e. The molecular formula is C18H18N2O3. The molecule has 5 nitrogen and oxygen atoms in total. The van der Waals surface area contributed by atoms with Gasteiger partial charge in [0.2, 0.25) is 0 Å². The fourth-order valence-corrected chi connectivity index (χ4v) is 2.78. The second kappa shape index (κ2) is 6.52. The van der Waals surface area contributed by atoms with Gasteiger partial charge in [0.15, 0.2) is 0 Å². The zero-order valence-electron chi connectivity index (χ0n) is 12.7. The molecule has 23 heavy (non-hydrogen) atoms. The van der Waals surface area contributed by atoms with Gasteiger partial charge in [0.1, 0.15) is 0 Å². The fraction of sp³-hybridized carbons (Fsp3) is 0.222. The van der Waals surface area contributed by atoms with Crippen molar-refractivity contribution in [2.24, 2.45) is 0 Å². The number of hydrogen-bond donors (Lipinski definition) is 1. The number of hydrogen-bond acceptors (Lipinski definition) is 2. The summed E-state index contributed by atoms with van der Waals surface area (Å²) in [5, 5.41) is 9.11. The molecular weight excluding hydrogens is 292 g/mol. The van der Waals surface area contributed by atoms with E-state index < -0.39 is 5.97 Å². The second-order valence-corrected chi connectivity index (χ2v) is 5.55. The first-order valence-electron chi connectivity index (χ1n) is 7.59. The predicted octanol–water partition coefficient (Wildman–Crippen LogP) is 3.22. The number of benzene rings is 2. The van der Waals surface area contributed by atoms with E-state index in [0.29, 0.717) is 25.3 Å². The van der Waals surface area contributed by atoms with Crippen molar-refractivity contribution >= 4 is 17.7 Å². The summed E-state index contributed by atoms with van der Waals surface area (Å²) in [4.78, 5) is 27.3. The Morgan fingerprint density at radius 2 is 1.83 bits per heavy atom. The van der Waals surface area contributed by atoms with Crippen molar-refractivity contribution in [3.05, 3.63) is 65.7 Å². The molecule has 2 aromatic rings. The van der Waals surface area contributed by atoms with Crippen LogP contribution in [0.3, 0.4) is 0 Å². The summed E-state index contributed by atoms with van der Waals surface area (Å²) in [5.41, 5.74) is 1.91. The number of carbonyl (C=O) groups is 2. The highest BCUT2D eigenvalue weighted by Crippen LogP contribution is 2.22. The van der Waals surface area contributed by atoms with Gasteiger partial charge in [0.25, 0.3) is 0 Å². The van der Waals surface area contributed by atoms with Crippen LogP contribution < -0.4 is 4.90 Å². The maximum atomic E-state index is 12.7. The number of aromatic carboxylic acids is 1. The topological polar surface area (TPSA) is 60.9 Å². The van der Waals surface area contributed by atoms with Crippen LogP contribution in [0.25, 0.3) is 0 Å². The molecule has 0 radical (unpaired) electrons. The highest BCUT2D eigenvalue weighted by atomic mass is 16.4. The molecule has 1 heterocycles. The van der Waals surface area contributed by atoms with E-state index in [1.165, 1.54) is 6.07 Å². The molecule has 0 aliphatic carbocycles. The molecule has 0 bridgehead atoms. The number of carbonyl (C=O) groups excluding carboxylic acids is 1. The molecule has 1 fully saturated rings. The van der Waals surface area contributed by atoms with Crippen LogP contribution in [0.15, 0.2) is 54.6 Å². The minimum atomic E-state index is -0.988. The average molecular weight is 310 g/mol. The Kier molecular flexibility index (Phi) is 4.28. The van der Waals surface area contributed by atoms with Gasteiger partial charge in [-0.3, -0.25) is 4.90 Å². The molecule has 0 saturated carbocycles. The van der Waals surface area contributed by atoms with E-state index >= 15 is 0 Å². The quantitative estimate of drug-likeness (QED) is 0.943. The van der Waals surface area contributed by atoms with Crippen LogP contribution in [-0.4, -0.2) is 35.1 Å². The summed E-state index contributed by atoms with van der Waals surface area (Å²) in [6.45, 7) is 1.88. The van der Waals surface area contributed by atoms with Gasteiger partial charge in [0.05, 0.1) is 5.56 Å². The first kappa shape index (κ1) is 15.1. The lowest BCUT2D eigenvalue weighted by molar-refractivity contribution is 0.0697. The van der Waals surface area contributed by atoms with Crippen LogP contribution in [0, 0.1) is 0 Å². The highest BCUT2D eigenvalue weighted by Gasteiger charge is 2.27. The Hall–Kier alpha value is -2.82. The number of carboxylic acids is 1. The molecule has 1 saturated heterocycles. The van der Waals surface area contributed by atoms with Gasteiger partial charge in [-0.1, -0.05) is 36.4 Å². The number of anilines is 1. The number of amides is 2. The molecule has 0 aromatic heterocycles. The first-order valence-corrected chi connectivity index (χ1v) is 7.59. The molecule has 118 valence electrons. The van der Waals surface area contributed by atoms with Gasteiger partial charge in [0, 0.05) is 25.3 Å². The predicted molar refractivity (Wildman–Crippen MR) is 87.6 cm³/mol. The Morgan fingerprint density at radius 3 is 2.57 bits per heavy atom. The van der Waals surface area contributed by atoms with E-state index in [1.54, 1.807) is 28.0 Å². The Bertz CT molecular complexity index is 715. The van der Waals surface area contributed by atoms with Crippen molar-refractivity contribution in [1.29, 1.82) is 0 Å². The lowest BCUT2D eigenvalue weighted by Crippen LogP contribution is -2.49. The minimum absolute atomic E-state index is 0.0809. The van der Waals surface area contributed by atoms with E-state index in [4.69, 9.17) is 5.11 Å². The van der Waals surface area contributed by atoms with Crippen LogP contribution >= 0.6 is 0 Å². The lowest BCUT2D eigenvalue weighted by Gasteiger charge is -2.35. The van der Waals surface area contributed by atoms with Gasteiger partial charge < -0.3 is 10.0 Å². The Labute approximate surface area is 134 Å². The van der Waals surface area contributed by atoms with Crippen LogP contribution in [0.2, 0.25) is 0 Å². The van der Waals surface area contributed by atoms with Gasteiger partial charge in [-0.15, -0.1) is 0 Å².